The van der Waals surface area contributed by atoms with Crippen LogP contribution in [0.1, 0.15) is 55.8 Å². The maximum atomic E-state index is 2.49. The van der Waals surface area contributed by atoms with Gasteiger partial charge in [0.2, 0.25) is 0 Å². The Morgan fingerprint density at radius 3 is 2.38 bits per heavy atom. The number of benzene rings is 2. The molecule has 1 unspecified atom stereocenters. The first kappa shape index (κ1) is 19.3. The van der Waals surface area contributed by atoms with Gasteiger partial charge in [0.15, 0.2) is 0 Å². The number of rotatable bonds is 5. The molecule has 0 amide bonds. The monoisotopic (exact) mass is 418 g/mol. The van der Waals surface area contributed by atoms with Crippen molar-refractivity contribution in [3.63, 3.8) is 0 Å². The third-order valence-corrected chi connectivity index (χ3v) is 9.96. The molecule has 0 aliphatic heterocycles. The van der Waals surface area contributed by atoms with E-state index in [2.05, 4.69) is 95.3 Å². The van der Waals surface area contributed by atoms with Gasteiger partial charge in [0.05, 0.1) is 0 Å². The quantitative estimate of drug-likeness (QED) is 0.439. The fraction of sp³-hybridized carbons (Fsp3) is 0.280. The Morgan fingerprint density at radius 2 is 1.73 bits per heavy atom. The first-order chi connectivity index (χ1) is 12.6. The summed E-state index contributed by atoms with van der Waals surface area (Å²) >= 11 is -0.714. The topological polar surface area (TPSA) is 0 Å². The average Bonchev–Trinajstić information content (AvgIpc) is 3.05. The zero-order valence-corrected chi connectivity index (χ0v) is 19.0. The SMILES string of the molecule is C/C=C(C)/C(C)=[C](\C)[Zr][CH]1C(CC)=Cc2c(-c3ccccc3)cccc21. The van der Waals surface area contributed by atoms with Crippen molar-refractivity contribution in [3.05, 3.63) is 85.7 Å². The van der Waals surface area contributed by atoms with Gasteiger partial charge in [-0.25, -0.2) is 0 Å². The summed E-state index contributed by atoms with van der Waals surface area (Å²) in [6, 6.07) is 17.7. The Bertz CT molecular complexity index is 882. The predicted molar refractivity (Wildman–Crippen MR) is 111 cm³/mol. The predicted octanol–water partition coefficient (Wildman–Crippen LogP) is 7.54. The Kier molecular flexibility index (Phi) is 6.30. The van der Waals surface area contributed by atoms with E-state index in [1.165, 1.54) is 27.8 Å². The summed E-state index contributed by atoms with van der Waals surface area (Å²) in [6.07, 6.45) is 5.89. The molecule has 1 aliphatic rings. The summed E-state index contributed by atoms with van der Waals surface area (Å²) in [7, 11) is 0. The summed E-state index contributed by atoms with van der Waals surface area (Å²) in [6.45, 7) is 11.4. The van der Waals surface area contributed by atoms with Gasteiger partial charge in [-0.1, -0.05) is 0 Å². The number of hydrogen-bond acceptors (Lipinski definition) is 0. The molecule has 1 heteroatoms. The number of fused-ring (bicyclic) bond motifs is 1. The fourth-order valence-corrected chi connectivity index (χ4v) is 7.89. The Balaban J connectivity index is 2.03. The van der Waals surface area contributed by atoms with Crippen LogP contribution in [0.15, 0.2) is 74.6 Å². The van der Waals surface area contributed by atoms with Crippen molar-refractivity contribution < 1.29 is 23.2 Å². The molecule has 0 aromatic heterocycles. The average molecular weight is 420 g/mol. The van der Waals surface area contributed by atoms with Crippen LogP contribution in [-0.4, -0.2) is 0 Å². The number of allylic oxidation sites excluding steroid dienone is 5. The second-order valence-corrected chi connectivity index (χ2v) is 11.0. The van der Waals surface area contributed by atoms with E-state index in [9.17, 15) is 0 Å². The third kappa shape index (κ3) is 3.79. The van der Waals surface area contributed by atoms with Crippen molar-refractivity contribution in [1.29, 1.82) is 0 Å². The Labute approximate surface area is 170 Å². The van der Waals surface area contributed by atoms with Crippen LogP contribution in [0.2, 0.25) is 0 Å². The summed E-state index contributed by atoms with van der Waals surface area (Å²) in [5.74, 6) is 0. The molecular weight excluding hydrogens is 391 g/mol. The van der Waals surface area contributed by atoms with E-state index in [1.54, 1.807) is 14.4 Å². The molecule has 0 spiro atoms. The molecule has 0 saturated heterocycles. The molecule has 2 aromatic carbocycles. The minimum absolute atomic E-state index is 0.682. The molecule has 0 fully saturated rings. The molecule has 1 aliphatic carbocycles. The van der Waals surface area contributed by atoms with Crippen molar-refractivity contribution in [2.45, 2.75) is 44.7 Å². The summed E-state index contributed by atoms with van der Waals surface area (Å²) in [5.41, 5.74) is 10.3. The maximum absolute atomic E-state index is 2.49. The molecular formula is C25H28Zr. The Morgan fingerprint density at radius 1 is 1.00 bits per heavy atom. The molecule has 0 heterocycles. The van der Waals surface area contributed by atoms with Gasteiger partial charge >= 0.3 is 171 Å². The van der Waals surface area contributed by atoms with Crippen molar-refractivity contribution in [1.82, 2.24) is 0 Å². The van der Waals surface area contributed by atoms with Gasteiger partial charge in [0.25, 0.3) is 0 Å². The van der Waals surface area contributed by atoms with Gasteiger partial charge in [-0.15, -0.1) is 0 Å². The molecule has 132 valence electrons. The molecule has 2 aromatic rings. The molecule has 0 nitrogen and oxygen atoms in total. The van der Waals surface area contributed by atoms with E-state index in [1.807, 2.05) is 0 Å². The van der Waals surface area contributed by atoms with Crippen LogP contribution >= 0.6 is 0 Å². The van der Waals surface area contributed by atoms with Gasteiger partial charge < -0.3 is 0 Å². The molecule has 3 rings (SSSR count). The van der Waals surface area contributed by atoms with Gasteiger partial charge in [-0.05, 0) is 0 Å². The molecule has 0 saturated carbocycles. The van der Waals surface area contributed by atoms with Gasteiger partial charge in [0.1, 0.15) is 0 Å². The van der Waals surface area contributed by atoms with Crippen molar-refractivity contribution in [3.8, 4) is 11.1 Å². The molecule has 0 radical (unpaired) electrons. The van der Waals surface area contributed by atoms with E-state index in [0.717, 1.165) is 6.42 Å². The first-order valence-electron chi connectivity index (χ1n) is 9.52. The summed E-state index contributed by atoms with van der Waals surface area (Å²) < 4.78 is 2.35. The van der Waals surface area contributed by atoms with Crippen LogP contribution in [0.25, 0.3) is 17.2 Å². The first-order valence-corrected chi connectivity index (χ1v) is 12.2. The molecule has 0 N–H and O–H groups in total. The van der Waals surface area contributed by atoms with Gasteiger partial charge in [-0.2, -0.15) is 0 Å². The second-order valence-electron chi connectivity index (χ2n) is 7.05. The molecule has 0 bridgehead atoms. The van der Waals surface area contributed by atoms with E-state index in [4.69, 9.17) is 0 Å². The Hall–Kier alpha value is -1.46. The van der Waals surface area contributed by atoms with Crippen molar-refractivity contribution in [2.75, 3.05) is 0 Å². The van der Waals surface area contributed by atoms with E-state index in [0.29, 0.717) is 3.63 Å². The number of hydrogen-bond donors (Lipinski definition) is 0. The summed E-state index contributed by atoms with van der Waals surface area (Å²) in [5, 5.41) is 0. The minimum atomic E-state index is -0.714. The molecule has 1 atom stereocenters. The zero-order chi connectivity index (χ0) is 18.7. The standard InChI is InChI=1S/C17H15.C8H13.Zr/c1-2-13-11-15-9-6-10-16(17(15)12-13)14-7-4-3-5-8-14;1-5-7(3)8(4)6-2;/h3-12H,2H2,1H3;5H,1-4H3;/b;7-5+,8-6?;. The summed E-state index contributed by atoms with van der Waals surface area (Å²) in [4.78, 5) is 0. The van der Waals surface area contributed by atoms with Gasteiger partial charge in [-0.3, -0.25) is 0 Å². The van der Waals surface area contributed by atoms with E-state index in [-0.39, 0.29) is 0 Å². The third-order valence-electron chi connectivity index (χ3n) is 5.59. The normalized spacial score (nSPS) is 17.5. The second kappa shape index (κ2) is 8.49. The van der Waals surface area contributed by atoms with Crippen LogP contribution in [0.4, 0.5) is 0 Å². The van der Waals surface area contributed by atoms with Gasteiger partial charge in [0, 0.05) is 0 Å². The van der Waals surface area contributed by atoms with Crippen LogP contribution < -0.4 is 0 Å². The van der Waals surface area contributed by atoms with E-state index >= 15 is 0 Å². The van der Waals surface area contributed by atoms with Crippen LogP contribution in [0.5, 0.6) is 0 Å². The van der Waals surface area contributed by atoms with Crippen molar-refractivity contribution >= 4 is 6.08 Å². The van der Waals surface area contributed by atoms with Crippen LogP contribution in [-0.2, 0) is 23.2 Å². The van der Waals surface area contributed by atoms with Crippen molar-refractivity contribution in [2.24, 2.45) is 0 Å². The fourth-order valence-electron chi connectivity index (χ4n) is 3.65. The zero-order valence-electron chi connectivity index (χ0n) is 16.6. The van der Waals surface area contributed by atoms with Crippen LogP contribution in [0.3, 0.4) is 0 Å². The van der Waals surface area contributed by atoms with Crippen LogP contribution in [0, 0.1) is 0 Å². The molecule has 26 heavy (non-hydrogen) atoms. The van der Waals surface area contributed by atoms with E-state index < -0.39 is 23.2 Å².